The van der Waals surface area contributed by atoms with Gasteiger partial charge in [0, 0.05) is 6.42 Å². The highest BCUT2D eigenvalue weighted by atomic mass is 31.2. The van der Waals surface area contributed by atoms with Gasteiger partial charge in [-0.15, -0.1) is 0 Å². The summed E-state index contributed by atoms with van der Waals surface area (Å²) in [6.45, 7) is 2.76. The number of hydrogen-bond acceptors (Lipinski definition) is 6. The Bertz CT molecular complexity index is 549. The van der Waals surface area contributed by atoms with Crippen LogP contribution in [0.4, 0.5) is 0 Å². The molecule has 14 heteroatoms. The van der Waals surface area contributed by atoms with E-state index in [9.17, 15) is 18.7 Å². The summed E-state index contributed by atoms with van der Waals surface area (Å²) >= 11 is 0. The fourth-order valence-electron chi connectivity index (χ4n) is 1.87. The van der Waals surface area contributed by atoms with E-state index in [-0.39, 0.29) is 18.9 Å². The first-order chi connectivity index (χ1) is 11.1. The minimum atomic E-state index is -5.33. The first-order valence-corrected chi connectivity index (χ1v) is 10.5. The molecule has 0 aliphatic rings. The van der Waals surface area contributed by atoms with E-state index in [1.165, 1.54) is 0 Å². The van der Waals surface area contributed by atoms with E-state index in [1.807, 2.05) is 0 Å². The molecule has 1 atom stereocenters. The lowest BCUT2D eigenvalue weighted by molar-refractivity contribution is -0.142. The fourth-order valence-corrected chi connectivity index (χ4v) is 4.04. The quantitative estimate of drug-likeness (QED) is 0.147. The zero-order chi connectivity index (χ0) is 20.1. The number of aliphatic carboxylic acids is 1. The minimum Gasteiger partial charge on any atom is -0.480 e. The van der Waals surface area contributed by atoms with Crippen LogP contribution >= 0.6 is 15.2 Å². The van der Waals surface area contributed by atoms with Crippen LogP contribution in [-0.2, 0) is 18.7 Å². The van der Waals surface area contributed by atoms with E-state index in [0.29, 0.717) is 0 Å². The molecule has 0 unspecified atom stereocenters. The van der Waals surface area contributed by atoms with Gasteiger partial charge in [0.05, 0.1) is 6.54 Å². The molecule has 0 saturated heterocycles. The molecule has 12 nitrogen and oxygen atoms in total. The second kappa shape index (κ2) is 9.20. The molecule has 0 rings (SSSR count). The Morgan fingerprint density at radius 3 is 1.96 bits per heavy atom. The number of carboxylic acid groups (broad SMARTS) is 1. The molecule has 0 aromatic carbocycles. The number of nitrogens with one attached hydrogen (secondary N) is 2. The molecule has 0 fully saturated rings. The molecule has 0 aliphatic heterocycles. The van der Waals surface area contributed by atoms with E-state index in [4.69, 9.17) is 30.4 Å². The van der Waals surface area contributed by atoms with Crippen molar-refractivity contribution in [3.8, 4) is 0 Å². The van der Waals surface area contributed by atoms with Crippen molar-refractivity contribution in [1.29, 1.82) is 0 Å². The van der Waals surface area contributed by atoms with Gasteiger partial charge in [-0.05, 0) is 18.9 Å². The highest BCUT2D eigenvalue weighted by Crippen LogP contribution is 2.67. The van der Waals surface area contributed by atoms with Crippen molar-refractivity contribution in [2.75, 3.05) is 13.1 Å². The van der Waals surface area contributed by atoms with E-state index >= 15 is 0 Å². The van der Waals surface area contributed by atoms with Gasteiger partial charge in [-0.3, -0.25) is 13.9 Å². The Labute approximate surface area is 144 Å². The van der Waals surface area contributed by atoms with Crippen molar-refractivity contribution < 1.29 is 43.4 Å². The summed E-state index contributed by atoms with van der Waals surface area (Å²) in [5.41, 5.74) is 5.20. The maximum atomic E-state index is 11.7. The van der Waals surface area contributed by atoms with Gasteiger partial charge in [0.2, 0.25) is 10.9 Å². The average molecular weight is 405 g/mol. The normalized spacial score (nSPS) is 14.4. The number of carbonyl (C=O) groups excluding carboxylic acids is 1. The second-order valence-corrected chi connectivity index (χ2v) is 10.1. The molecule has 0 spiro atoms. The minimum absolute atomic E-state index is 0.0266. The number of nitrogens with two attached hydrogens (primary N) is 1. The van der Waals surface area contributed by atoms with Crippen LogP contribution in [0.3, 0.4) is 0 Å². The number of hydrogen-bond donors (Lipinski definition) is 8. The van der Waals surface area contributed by atoms with Gasteiger partial charge in [0.15, 0.2) is 0 Å². The van der Waals surface area contributed by atoms with E-state index in [2.05, 4.69) is 10.6 Å². The first kappa shape index (κ1) is 24.2. The number of rotatable bonds is 11. The van der Waals surface area contributed by atoms with Crippen molar-refractivity contribution in [2.24, 2.45) is 11.7 Å². The van der Waals surface area contributed by atoms with Crippen molar-refractivity contribution in [2.45, 2.75) is 37.8 Å². The highest BCUT2D eigenvalue weighted by Gasteiger charge is 2.56. The summed E-state index contributed by atoms with van der Waals surface area (Å²) in [5.74, 6) is -1.87. The zero-order valence-corrected chi connectivity index (χ0v) is 15.6. The van der Waals surface area contributed by atoms with E-state index < -0.39 is 51.1 Å². The summed E-state index contributed by atoms with van der Waals surface area (Å²) in [6, 6.07) is -1.09. The summed E-state index contributed by atoms with van der Waals surface area (Å²) in [6.07, 6.45) is -0.591. The van der Waals surface area contributed by atoms with Gasteiger partial charge in [-0.1, -0.05) is 13.8 Å². The molecule has 25 heavy (non-hydrogen) atoms. The molecular weight excluding hydrogens is 380 g/mol. The standard InChI is InChI=1S/C11H25N3O9P2/c1-7(2)5-8(10(16)17)14-9(15)6-13-4-3-11(12,24(18,19)20)25(21,22)23/h7-8,13H,3-6,12H2,1-2H3,(H,14,15)(H,16,17)(H2,18,19,20)(H2,21,22,23)/t8-/m0/s1. The molecular formula is C11H25N3O9P2. The van der Waals surface area contributed by atoms with Crippen LogP contribution in [0.2, 0.25) is 0 Å². The molecule has 148 valence electrons. The lowest BCUT2D eigenvalue weighted by Crippen LogP contribution is -2.46. The Morgan fingerprint density at radius 2 is 1.60 bits per heavy atom. The van der Waals surface area contributed by atoms with Crippen LogP contribution in [0.5, 0.6) is 0 Å². The van der Waals surface area contributed by atoms with Crippen LogP contribution in [0.1, 0.15) is 26.7 Å². The highest BCUT2D eigenvalue weighted by molar-refractivity contribution is 7.72. The van der Waals surface area contributed by atoms with Crippen molar-refractivity contribution in [1.82, 2.24) is 10.6 Å². The third-order valence-corrected chi connectivity index (χ3v) is 7.33. The SMILES string of the molecule is CC(C)C[C@H](NC(=O)CNCCC(N)(P(=O)(O)O)P(=O)(O)O)C(=O)O. The summed E-state index contributed by atoms with van der Waals surface area (Å²) in [4.78, 5) is 59.0. The second-order valence-electron chi connectivity index (χ2n) is 5.98. The molecule has 0 bridgehead atoms. The van der Waals surface area contributed by atoms with Crippen molar-refractivity contribution in [3.05, 3.63) is 0 Å². The Hall–Kier alpha value is -0.840. The Balaban J connectivity index is 4.61. The predicted octanol–water partition coefficient (Wildman–Crippen LogP) is -1.45. The lowest BCUT2D eigenvalue weighted by atomic mass is 10.0. The van der Waals surface area contributed by atoms with Crippen molar-refractivity contribution in [3.63, 3.8) is 0 Å². The first-order valence-electron chi connectivity index (χ1n) is 7.25. The number of amides is 1. The average Bonchev–Trinajstić information content (AvgIpc) is 2.39. The summed E-state index contributed by atoms with van der Waals surface area (Å²) in [7, 11) is -10.7. The molecule has 9 N–H and O–H groups in total. The maximum Gasteiger partial charge on any atom is 0.357 e. The number of carboxylic acids is 1. The Kier molecular flexibility index (Phi) is 8.89. The molecule has 0 aromatic heterocycles. The smallest absolute Gasteiger partial charge is 0.357 e. The Morgan fingerprint density at radius 1 is 1.12 bits per heavy atom. The fraction of sp³-hybridized carbons (Fsp3) is 0.818. The van der Waals surface area contributed by atoms with Gasteiger partial charge in [0.25, 0.3) is 0 Å². The van der Waals surface area contributed by atoms with E-state index in [0.717, 1.165) is 0 Å². The number of carbonyl (C=O) groups is 2. The largest absolute Gasteiger partial charge is 0.480 e. The summed E-state index contributed by atoms with van der Waals surface area (Å²) < 4.78 is 22.5. The van der Waals surface area contributed by atoms with Crippen LogP contribution in [0.15, 0.2) is 0 Å². The van der Waals surface area contributed by atoms with Crippen molar-refractivity contribution >= 4 is 27.1 Å². The van der Waals surface area contributed by atoms with Gasteiger partial charge in [-0.25, -0.2) is 4.79 Å². The summed E-state index contributed by atoms with van der Waals surface area (Å²) in [5, 5.41) is 10.6. The third-order valence-electron chi connectivity index (χ3n) is 3.30. The molecule has 0 heterocycles. The molecule has 1 amide bonds. The van der Waals surface area contributed by atoms with Crippen LogP contribution in [-0.4, -0.2) is 60.7 Å². The van der Waals surface area contributed by atoms with Gasteiger partial charge < -0.3 is 41.0 Å². The van der Waals surface area contributed by atoms with Gasteiger partial charge in [-0.2, -0.15) is 0 Å². The molecule has 0 radical (unpaired) electrons. The van der Waals surface area contributed by atoms with Crippen LogP contribution < -0.4 is 16.4 Å². The molecule has 0 aromatic rings. The predicted molar refractivity (Wildman–Crippen MR) is 87.5 cm³/mol. The molecule has 0 saturated carbocycles. The van der Waals surface area contributed by atoms with Gasteiger partial charge in [0.1, 0.15) is 6.04 Å². The third kappa shape index (κ3) is 7.51. The van der Waals surface area contributed by atoms with Crippen LogP contribution in [0.25, 0.3) is 0 Å². The van der Waals surface area contributed by atoms with E-state index in [1.54, 1.807) is 13.8 Å². The molecule has 0 aliphatic carbocycles. The monoisotopic (exact) mass is 405 g/mol. The lowest BCUT2D eigenvalue weighted by Gasteiger charge is -2.30. The van der Waals surface area contributed by atoms with Gasteiger partial charge >= 0.3 is 21.2 Å². The topological polar surface area (TPSA) is 220 Å². The van der Waals surface area contributed by atoms with Crippen LogP contribution in [0, 0.1) is 5.92 Å². The maximum absolute atomic E-state index is 11.7. The zero-order valence-electron chi connectivity index (χ0n) is 13.8.